The Hall–Kier alpha value is -0.610. The summed E-state index contributed by atoms with van der Waals surface area (Å²) in [6, 6.07) is 1.40. The minimum Gasteiger partial charge on any atom is -0.374 e. The third kappa shape index (κ3) is 3.01. The Morgan fingerprint density at radius 1 is 1.08 bits per heavy atom. The monoisotopic (exact) mass is 334 g/mol. The molecule has 4 fully saturated rings. The molecule has 0 spiro atoms. The van der Waals surface area contributed by atoms with E-state index >= 15 is 0 Å². The lowest BCUT2D eigenvalue weighted by molar-refractivity contribution is -0.172. The smallest absolute Gasteiger partial charge is 0.223 e. The topological polar surface area (TPSA) is 32.8 Å². The molecule has 24 heavy (non-hydrogen) atoms. The molecule has 1 amide bonds. The number of hydrogen-bond acceptors (Lipinski definition) is 3. The van der Waals surface area contributed by atoms with Crippen molar-refractivity contribution < 1.29 is 9.53 Å². The lowest BCUT2D eigenvalue weighted by Gasteiger charge is -2.52. The fourth-order valence-electron chi connectivity index (χ4n) is 5.72. The van der Waals surface area contributed by atoms with Crippen LogP contribution < -0.4 is 0 Å². The highest BCUT2D eigenvalue weighted by atomic mass is 16.5. The van der Waals surface area contributed by atoms with Gasteiger partial charge in [-0.2, -0.15) is 0 Å². The van der Waals surface area contributed by atoms with Gasteiger partial charge < -0.3 is 9.64 Å². The van der Waals surface area contributed by atoms with Crippen LogP contribution >= 0.6 is 0 Å². The maximum atomic E-state index is 12.7. The molecule has 2 unspecified atom stereocenters. The number of likely N-dealkylation sites (tertiary alicyclic amines) is 1. The van der Waals surface area contributed by atoms with Gasteiger partial charge in [0.15, 0.2) is 0 Å². The summed E-state index contributed by atoms with van der Waals surface area (Å²) in [5.41, 5.74) is 0. The zero-order valence-electron chi connectivity index (χ0n) is 15.5. The van der Waals surface area contributed by atoms with Crippen molar-refractivity contribution in [3.8, 4) is 0 Å². The lowest BCUT2D eigenvalue weighted by Crippen LogP contribution is -2.65. The Morgan fingerprint density at radius 2 is 1.88 bits per heavy atom. The molecule has 3 aliphatic heterocycles. The molecule has 0 aromatic carbocycles. The first-order chi connectivity index (χ1) is 11.6. The number of carbonyl (C=O) groups excluding carboxylic acids is 1. The predicted molar refractivity (Wildman–Crippen MR) is 94.8 cm³/mol. The minimum atomic E-state index is 0.267. The highest BCUT2D eigenvalue weighted by Crippen LogP contribution is 2.39. The fourth-order valence-corrected chi connectivity index (χ4v) is 5.72. The predicted octanol–water partition coefficient (Wildman–Crippen LogP) is 3.06. The molecule has 0 aromatic heterocycles. The molecule has 0 N–H and O–H groups in total. The first kappa shape index (κ1) is 16.8. The van der Waals surface area contributed by atoms with Crippen LogP contribution in [0.4, 0.5) is 0 Å². The van der Waals surface area contributed by atoms with Crippen molar-refractivity contribution in [2.24, 2.45) is 11.8 Å². The van der Waals surface area contributed by atoms with Crippen LogP contribution in [0.5, 0.6) is 0 Å². The van der Waals surface area contributed by atoms with Crippen molar-refractivity contribution in [2.75, 3.05) is 19.7 Å². The van der Waals surface area contributed by atoms with Crippen molar-refractivity contribution in [3.05, 3.63) is 0 Å². The Balaban J connectivity index is 1.55. The van der Waals surface area contributed by atoms with Gasteiger partial charge in [-0.05, 0) is 37.5 Å². The largest absolute Gasteiger partial charge is 0.374 e. The molecule has 3 saturated heterocycles. The van der Waals surface area contributed by atoms with E-state index in [1.54, 1.807) is 0 Å². The highest BCUT2D eigenvalue weighted by molar-refractivity contribution is 5.78. The Labute approximate surface area is 146 Å². The molecular formula is C20H34N2O2. The van der Waals surface area contributed by atoms with Gasteiger partial charge >= 0.3 is 0 Å². The molecule has 0 aromatic rings. The van der Waals surface area contributed by atoms with Crippen molar-refractivity contribution >= 4 is 5.91 Å². The van der Waals surface area contributed by atoms with Crippen LogP contribution in [0, 0.1) is 11.8 Å². The van der Waals surface area contributed by atoms with Gasteiger partial charge in [-0.15, -0.1) is 0 Å². The number of amides is 1. The van der Waals surface area contributed by atoms with Gasteiger partial charge in [0.25, 0.3) is 0 Å². The molecule has 3 heterocycles. The Bertz CT molecular complexity index is 461. The molecule has 4 atom stereocenters. The van der Waals surface area contributed by atoms with Crippen LogP contribution in [-0.2, 0) is 9.53 Å². The third-order valence-electron chi connectivity index (χ3n) is 7.07. The molecule has 4 rings (SSSR count). The van der Waals surface area contributed by atoms with Crippen LogP contribution in [0.25, 0.3) is 0 Å². The molecule has 4 heteroatoms. The van der Waals surface area contributed by atoms with Gasteiger partial charge in [0.2, 0.25) is 5.91 Å². The summed E-state index contributed by atoms with van der Waals surface area (Å²) in [5, 5.41) is 0. The number of hydrogen-bond donors (Lipinski definition) is 0. The second-order valence-corrected chi connectivity index (χ2v) is 8.85. The standard InChI is InChI=1S/C20H34N2O2/c1-14(2)17-13-24-18-10-11-21(16-6-4-3-5-7-16)12-15-8-9-19(23)22(17)20(15)18/h14-18,20H,3-13H2,1-2H3/t15-,17-,18?,20?/m1/s1. The van der Waals surface area contributed by atoms with Gasteiger partial charge in [0.05, 0.1) is 24.8 Å². The van der Waals surface area contributed by atoms with Gasteiger partial charge in [-0.3, -0.25) is 9.69 Å². The second kappa shape index (κ2) is 6.95. The van der Waals surface area contributed by atoms with E-state index in [1.807, 2.05) is 0 Å². The third-order valence-corrected chi connectivity index (χ3v) is 7.07. The van der Waals surface area contributed by atoms with Crippen molar-refractivity contribution in [1.29, 1.82) is 0 Å². The normalized spacial score (nSPS) is 39.0. The number of piperidine rings is 1. The minimum absolute atomic E-state index is 0.267. The average Bonchev–Trinajstić information content (AvgIpc) is 2.79. The summed E-state index contributed by atoms with van der Waals surface area (Å²) in [5.74, 6) is 1.47. The summed E-state index contributed by atoms with van der Waals surface area (Å²) >= 11 is 0. The summed E-state index contributed by atoms with van der Waals surface area (Å²) in [6.07, 6.45) is 10.1. The second-order valence-electron chi connectivity index (χ2n) is 8.85. The van der Waals surface area contributed by atoms with E-state index in [0.717, 1.165) is 38.5 Å². The van der Waals surface area contributed by atoms with Gasteiger partial charge in [-0.1, -0.05) is 33.1 Å². The van der Waals surface area contributed by atoms with Gasteiger partial charge in [0, 0.05) is 25.6 Å². The van der Waals surface area contributed by atoms with Gasteiger partial charge in [-0.25, -0.2) is 0 Å². The van der Waals surface area contributed by atoms with E-state index in [-0.39, 0.29) is 12.1 Å². The Kier molecular flexibility index (Phi) is 4.88. The SMILES string of the molecule is CC(C)[C@H]1COC2CCN(C3CCCCC3)C[C@H]3CCC(=O)N1C23. The Morgan fingerprint density at radius 3 is 2.62 bits per heavy atom. The van der Waals surface area contributed by atoms with Crippen LogP contribution in [-0.4, -0.2) is 59.6 Å². The van der Waals surface area contributed by atoms with Gasteiger partial charge in [0.1, 0.15) is 0 Å². The number of rotatable bonds is 2. The number of morpholine rings is 1. The molecule has 1 aliphatic carbocycles. The summed E-state index contributed by atoms with van der Waals surface area (Å²) < 4.78 is 6.34. The van der Waals surface area contributed by atoms with Crippen molar-refractivity contribution in [3.63, 3.8) is 0 Å². The average molecular weight is 335 g/mol. The lowest BCUT2D eigenvalue weighted by atomic mass is 9.81. The summed E-state index contributed by atoms with van der Waals surface area (Å²) in [6.45, 7) is 7.55. The molecule has 4 aliphatic rings. The highest BCUT2D eigenvalue weighted by Gasteiger charge is 2.49. The fraction of sp³-hybridized carbons (Fsp3) is 0.950. The number of nitrogens with zero attached hydrogens (tertiary/aromatic N) is 2. The van der Waals surface area contributed by atoms with Crippen molar-refractivity contribution in [1.82, 2.24) is 9.80 Å². The maximum absolute atomic E-state index is 12.7. The number of carbonyl (C=O) groups is 1. The molecule has 136 valence electrons. The molecule has 0 radical (unpaired) electrons. The summed E-state index contributed by atoms with van der Waals surface area (Å²) in [7, 11) is 0. The number of ether oxygens (including phenoxy) is 1. The molecular weight excluding hydrogens is 300 g/mol. The summed E-state index contributed by atoms with van der Waals surface area (Å²) in [4.78, 5) is 17.8. The first-order valence-corrected chi connectivity index (χ1v) is 10.3. The van der Waals surface area contributed by atoms with E-state index in [9.17, 15) is 4.79 Å². The first-order valence-electron chi connectivity index (χ1n) is 10.3. The van der Waals surface area contributed by atoms with E-state index in [4.69, 9.17) is 4.74 Å². The quantitative estimate of drug-likeness (QED) is 0.778. The molecule has 4 nitrogen and oxygen atoms in total. The van der Waals surface area contributed by atoms with Crippen LogP contribution in [0.1, 0.15) is 65.2 Å². The van der Waals surface area contributed by atoms with E-state index in [0.29, 0.717) is 23.8 Å². The van der Waals surface area contributed by atoms with E-state index in [2.05, 4.69) is 23.6 Å². The molecule has 1 saturated carbocycles. The zero-order valence-corrected chi connectivity index (χ0v) is 15.5. The van der Waals surface area contributed by atoms with Crippen LogP contribution in [0.3, 0.4) is 0 Å². The van der Waals surface area contributed by atoms with E-state index in [1.165, 1.54) is 38.6 Å². The van der Waals surface area contributed by atoms with E-state index < -0.39 is 0 Å². The molecule has 0 bridgehead atoms. The van der Waals surface area contributed by atoms with Crippen LogP contribution in [0.15, 0.2) is 0 Å². The zero-order chi connectivity index (χ0) is 16.7. The maximum Gasteiger partial charge on any atom is 0.223 e. The van der Waals surface area contributed by atoms with Crippen LogP contribution in [0.2, 0.25) is 0 Å². The van der Waals surface area contributed by atoms with Crippen molar-refractivity contribution in [2.45, 2.75) is 89.4 Å².